The second kappa shape index (κ2) is 5.79. The van der Waals surface area contributed by atoms with Crippen LogP contribution in [0.15, 0.2) is 45.8 Å². The fourth-order valence-electron chi connectivity index (χ4n) is 3.86. The van der Waals surface area contributed by atoms with Crippen LogP contribution in [0.3, 0.4) is 0 Å². The van der Waals surface area contributed by atoms with Crippen molar-refractivity contribution in [3.8, 4) is 0 Å². The Morgan fingerprint density at radius 3 is 2.73 bits per heavy atom. The first kappa shape index (κ1) is 16.5. The summed E-state index contributed by atoms with van der Waals surface area (Å²) >= 11 is 0. The number of fused-ring (bicyclic) bond motifs is 2. The molecular formula is C19H19N3O4. The number of benzene rings is 1. The normalized spacial score (nSPS) is 23.9. The van der Waals surface area contributed by atoms with Crippen molar-refractivity contribution in [3.63, 3.8) is 0 Å². The summed E-state index contributed by atoms with van der Waals surface area (Å²) in [5, 5.41) is 14.3. The van der Waals surface area contributed by atoms with Crippen molar-refractivity contribution in [3.05, 3.63) is 52.3 Å². The molecule has 0 spiro atoms. The number of hydrogen-bond donors (Lipinski definition) is 1. The van der Waals surface area contributed by atoms with Crippen molar-refractivity contribution in [2.75, 3.05) is 5.32 Å². The molecule has 1 aromatic heterocycles. The maximum absolute atomic E-state index is 13.0. The quantitative estimate of drug-likeness (QED) is 0.636. The summed E-state index contributed by atoms with van der Waals surface area (Å²) in [6, 6.07) is 9.93. The van der Waals surface area contributed by atoms with E-state index in [1.807, 2.05) is 24.3 Å². The molecule has 2 unspecified atom stereocenters. The van der Waals surface area contributed by atoms with Gasteiger partial charge in [-0.2, -0.15) is 0 Å². The van der Waals surface area contributed by atoms with Crippen LogP contribution in [0.1, 0.15) is 38.5 Å². The molecule has 1 aromatic carbocycles. The highest BCUT2D eigenvalue weighted by molar-refractivity contribution is 6.10. The van der Waals surface area contributed by atoms with Gasteiger partial charge in [-0.25, -0.2) is 0 Å². The number of carbonyl (C=O) groups is 1. The highest BCUT2D eigenvalue weighted by Crippen LogP contribution is 2.45. The monoisotopic (exact) mass is 353 g/mol. The predicted molar refractivity (Wildman–Crippen MR) is 96.8 cm³/mol. The molecule has 26 heavy (non-hydrogen) atoms. The third kappa shape index (κ3) is 2.79. The van der Waals surface area contributed by atoms with E-state index in [4.69, 9.17) is 9.41 Å². The number of ketones is 1. The standard InChI is InChI=1S/C19H19N3O4/c1-19(2)9-13-17(14(23)10-19)18(15-7-8-16(26-15)22(24)25)21-12-6-4-3-5-11(12)20-13/h3-8,17-18,21H,9-10H2,1-2H3. The Kier molecular flexibility index (Phi) is 3.68. The summed E-state index contributed by atoms with van der Waals surface area (Å²) in [5.74, 6) is -0.383. The smallest absolute Gasteiger partial charge is 0.404 e. The van der Waals surface area contributed by atoms with E-state index in [1.54, 1.807) is 6.07 Å². The molecule has 134 valence electrons. The van der Waals surface area contributed by atoms with Crippen molar-refractivity contribution in [2.45, 2.75) is 32.7 Å². The molecule has 1 aliphatic carbocycles. The first-order valence-electron chi connectivity index (χ1n) is 8.54. The van der Waals surface area contributed by atoms with Gasteiger partial charge in [-0.05, 0) is 30.0 Å². The Morgan fingerprint density at radius 2 is 2.00 bits per heavy atom. The minimum atomic E-state index is -0.574. The van der Waals surface area contributed by atoms with Crippen molar-refractivity contribution in [2.24, 2.45) is 16.3 Å². The largest absolute Gasteiger partial charge is 0.433 e. The van der Waals surface area contributed by atoms with Crippen LogP contribution in [0.5, 0.6) is 0 Å². The van der Waals surface area contributed by atoms with E-state index in [2.05, 4.69) is 19.2 Å². The fraction of sp³-hybridized carbons (Fsp3) is 0.368. The number of nitro groups is 1. The van der Waals surface area contributed by atoms with E-state index in [0.29, 0.717) is 18.6 Å². The molecule has 0 bridgehead atoms. The van der Waals surface area contributed by atoms with Gasteiger partial charge in [-0.3, -0.25) is 19.9 Å². The van der Waals surface area contributed by atoms with E-state index in [0.717, 1.165) is 17.1 Å². The number of nitrogens with one attached hydrogen (secondary N) is 1. The lowest BCUT2D eigenvalue weighted by Gasteiger charge is -2.36. The molecule has 2 aliphatic rings. The first-order valence-corrected chi connectivity index (χ1v) is 8.54. The molecule has 2 aromatic rings. The third-order valence-electron chi connectivity index (χ3n) is 4.93. The minimum Gasteiger partial charge on any atom is -0.404 e. The van der Waals surface area contributed by atoms with Gasteiger partial charge in [0.25, 0.3) is 0 Å². The van der Waals surface area contributed by atoms with E-state index in [9.17, 15) is 14.9 Å². The summed E-state index contributed by atoms with van der Waals surface area (Å²) in [6.07, 6.45) is 1.13. The zero-order valence-corrected chi connectivity index (χ0v) is 14.6. The highest BCUT2D eigenvalue weighted by atomic mass is 16.6. The molecule has 0 radical (unpaired) electrons. The van der Waals surface area contributed by atoms with Crippen molar-refractivity contribution in [1.29, 1.82) is 0 Å². The van der Waals surface area contributed by atoms with E-state index >= 15 is 0 Å². The number of anilines is 1. The van der Waals surface area contributed by atoms with Crippen LogP contribution >= 0.6 is 0 Å². The Morgan fingerprint density at radius 1 is 1.23 bits per heavy atom. The second-order valence-corrected chi connectivity index (χ2v) is 7.64. The third-order valence-corrected chi connectivity index (χ3v) is 4.93. The van der Waals surface area contributed by atoms with Gasteiger partial charge in [0.2, 0.25) is 0 Å². The summed E-state index contributed by atoms with van der Waals surface area (Å²) < 4.78 is 5.44. The van der Waals surface area contributed by atoms with Crippen molar-refractivity contribution < 1.29 is 14.1 Å². The van der Waals surface area contributed by atoms with Gasteiger partial charge in [-0.1, -0.05) is 26.0 Å². The molecular weight excluding hydrogens is 334 g/mol. The van der Waals surface area contributed by atoms with Gasteiger partial charge in [0.1, 0.15) is 16.5 Å². The van der Waals surface area contributed by atoms with Crippen LogP contribution in [0.25, 0.3) is 0 Å². The number of carbonyl (C=O) groups excluding carboxylic acids is 1. The number of nitrogens with zero attached hydrogens (tertiary/aromatic N) is 2. The number of furan rings is 1. The second-order valence-electron chi connectivity index (χ2n) is 7.64. The topological polar surface area (TPSA) is 97.7 Å². The van der Waals surface area contributed by atoms with Gasteiger partial charge in [0.05, 0.1) is 29.4 Å². The Hall–Kier alpha value is -2.96. The van der Waals surface area contributed by atoms with Crippen molar-refractivity contribution >= 4 is 28.8 Å². The Bertz CT molecular complexity index is 928. The van der Waals surface area contributed by atoms with Crippen LogP contribution in [0.2, 0.25) is 0 Å². The lowest BCUT2D eigenvalue weighted by Crippen LogP contribution is -2.42. The molecule has 4 rings (SSSR count). The summed E-state index contributed by atoms with van der Waals surface area (Å²) in [7, 11) is 0. The number of rotatable bonds is 2. The molecule has 1 saturated carbocycles. The fourth-order valence-corrected chi connectivity index (χ4v) is 3.86. The molecule has 0 saturated heterocycles. The average Bonchev–Trinajstić information content (AvgIpc) is 2.98. The van der Waals surface area contributed by atoms with Crippen LogP contribution in [0.4, 0.5) is 17.3 Å². The number of para-hydroxylation sites is 2. The number of Topliss-reactive ketones (excluding diaryl/α,β-unsaturated/α-hetero) is 1. The molecule has 7 nitrogen and oxygen atoms in total. The maximum Gasteiger partial charge on any atom is 0.433 e. The molecule has 2 heterocycles. The van der Waals surface area contributed by atoms with E-state index < -0.39 is 16.9 Å². The van der Waals surface area contributed by atoms with Crippen LogP contribution in [-0.4, -0.2) is 16.4 Å². The van der Waals surface area contributed by atoms with Crippen LogP contribution in [0, 0.1) is 21.4 Å². The maximum atomic E-state index is 13.0. The summed E-state index contributed by atoms with van der Waals surface area (Å²) in [5.41, 5.74) is 2.18. The van der Waals surface area contributed by atoms with Crippen LogP contribution in [-0.2, 0) is 4.79 Å². The van der Waals surface area contributed by atoms with Crippen molar-refractivity contribution in [1.82, 2.24) is 0 Å². The number of hydrogen-bond acceptors (Lipinski definition) is 6. The molecule has 1 N–H and O–H groups in total. The summed E-state index contributed by atoms with van der Waals surface area (Å²) in [6.45, 7) is 4.11. The zero-order chi connectivity index (χ0) is 18.5. The van der Waals surface area contributed by atoms with E-state index in [1.165, 1.54) is 6.07 Å². The zero-order valence-electron chi connectivity index (χ0n) is 14.6. The van der Waals surface area contributed by atoms with Gasteiger partial charge >= 0.3 is 5.88 Å². The van der Waals surface area contributed by atoms with Gasteiger partial charge in [0, 0.05) is 12.1 Å². The number of aliphatic imine (C=N–C) groups is 1. The minimum absolute atomic E-state index is 0.0735. The Labute approximate surface area is 150 Å². The molecule has 1 fully saturated rings. The SMILES string of the molecule is CC1(C)CC(=O)C2C(=Nc3ccccc3NC2c2ccc([N+](=O)[O-])o2)C1. The molecule has 2 atom stereocenters. The van der Waals surface area contributed by atoms with Crippen LogP contribution < -0.4 is 5.32 Å². The first-order chi connectivity index (χ1) is 12.3. The molecule has 0 amide bonds. The highest BCUT2D eigenvalue weighted by Gasteiger charge is 2.45. The lowest BCUT2D eigenvalue weighted by atomic mass is 9.68. The summed E-state index contributed by atoms with van der Waals surface area (Å²) in [4.78, 5) is 28.2. The average molecular weight is 353 g/mol. The Balaban J connectivity index is 1.84. The predicted octanol–water partition coefficient (Wildman–Crippen LogP) is 4.43. The van der Waals surface area contributed by atoms with Gasteiger partial charge in [-0.15, -0.1) is 0 Å². The van der Waals surface area contributed by atoms with Gasteiger partial charge in [0.15, 0.2) is 0 Å². The molecule has 1 aliphatic heterocycles. The lowest BCUT2D eigenvalue weighted by molar-refractivity contribution is -0.402. The van der Waals surface area contributed by atoms with Gasteiger partial charge < -0.3 is 9.73 Å². The molecule has 7 heteroatoms. The van der Waals surface area contributed by atoms with E-state index in [-0.39, 0.29) is 17.1 Å².